The number of nitrogens with zero attached hydrogens (tertiary/aromatic N) is 3. The third-order valence-corrected chi connectivity index (χ3v) is 4.83. The highest BCUT2D eigenvalue weighted by Crippen LogP contribution is 2.39. The fourth-order valence-corrected chi connectivity index (χ4v) is 3.52. The van der Waals surface area contributed by atoms with Gasteiger partial charge in [0.1, 0.15) is 17.2 Å². The number of ether oxygens (including phenoxy) is 2. The van der Waals surface area contributed by atoms with Gasteiger partial charge in [0.15, 0.2) is 0 Å². The van der Waals surface area contributed by atoms with Crippen LogP contribution in [0.1, 0.15) is 48.3 Å². The van der Waals surface area contributed by atoms with E-state index < -0.39 is 0 Å². The molecule has 144 valence electrons. The van der Waals surface area contributed by atoms with E-state index in [4.69, 9.17) is 9.47 Å². The van der Waals surface area contributed by atoms with Crippen molar-refractivity contribution in [2.75, 3.05) is 20.8 Å². The number of aromatic nitrogens is 2. The predicted octanol–water partition coefficient (Wildman–Crippen LogP) is 2.65. The number of rotatable bonds is 6. The zero-order valence-corrected chi connectivity index (χ0v) is 16.0. The van der Waals surface area contributed by atoms with Crippen LogP contribution in [0.3, 0.4) is 0 Å². The van der Waals surface area contributed by atoms with Gasteiger partial charge in [0.2, 0.25) is 0 Å². The lowest BCUT2D eigenvalue weighted by Gasteiger charge is -2.26. The zero-order chi connectivity index (χ0) is 19.4. The zero-order valence-electron chi connectivity index (χ0n) is 16.0. The third-order valence-electron chi connectivity index (χ3n) is 4.83. The molecule has 1 aromatic heterocycles. The quantitative estimate of drug-likeness (QED) is 0.780. The second-order valence-corrected chi connectivity index (χ2v) is 6.54. The van der Waals surface area contributed by atoms with Crippen molar-refractivity contribution < 1.29 is 14.3 Å². The lowest BCUT2D eigenvalue weighted by molar-refractivity contribution is 0.0725. The predicted molar refractivity (Wildman–Crippen MR) is 101 cm³/mol. The topological polar surface area (TPSA) is 73.7 Å². The van der Waals surface area contributed by atoms with Gasteiger partial charge in [0.25, 0.3) is 11.5 Å². The molecule has 27 heavy (non-hydrogen) atoms. The minimum absolute atomic E-state index is 0.115. The van der Waals surface area contributed by atoms with E-state index in [2.05, 4.69) is 5.10 Å². The van der Waals surface area contributed by atoms with Gasteiger partial charge in [-0.25, -0.2) is 4.68 Å². The SMILES string of the molecule is CCCn1nc(C(=O)N2CCCC2c2cc(OC)ccc2OC)ccc1=O. The van der Waals surface area contributed by atoms with E-state index >= 15 is 0 Å². The van der Waals surface area contributed by atoms with Gasteiger partial charge in [0, 0.05) is 24.7 Å². The summed E-state index contributed by atoms with van der Waals surface area (Å²) in [5, 5.41) is 4.27. The molecule has 0 saturated carbocycles. The highest BCUT2D eigenvalue weighted by atomic mass is 16.5. The molecule has 2 aromatic rings. The van der Waals surface area contributed by atoms with Crippen LogP contribution in [0.5, 0.6) is 11.5 Å². The number of methoxy groups -OCH3 is 2. The first-order valence-electron chi connectivity index (χ1n) is 9.20. The molecule has 1 aromatic carbocycles. The van der Waals surface area contributed by atoms with Crippen molar-refractivity contribution in [2.24, 2.45) is 0 Å². The van der Waals surface area contributed by atoms with Crippen molar-refractivity contribution in [3.05, 3.63) is 51.9 Å². The summed E-state index contributed by atoms with van der Waals surface area (Å²) in [7, 11) is 3.23. The summed E-state index contributed by atoms with van der Waals surface area (Å²) >= 11 is 0. The minimum Gasteiger partial charge on any atom is -0.497 e. The molecule has 0 spiro atoms. The van der Waals surface area contributed by atoms with Gasteiger partial charge in [-0.05, 0) is 43.5 Å². The molecule has 1 atom stereocenters. The number of carbonyl (C=O) groups excluding carboxylic acids is 1. The highest BCUT2D eigenvalue weighted by Gasteiger charge is 2.33. The van der Waals surface area contributed by atoms with Gasteiger partial charge in [-0.3, -0.25) is 9.59 Å². The van der Waals surface area contributed by atoms with Gasteiger partial charge < -0.3 is 14.4 Å². The Hall–Kier alpha value is -2.83. The molecule has 7 nitrogen and oxygen atoms in total. The van der Waals surface area contributed by atoms with Crippen LogP contribution in [0.15, 0.2) is 35.1 Å². The number of amides is 1. The Kier molecular flexibility index (Phi) is 5.78. The minimum atomic E-state index is -0.194. The van der Waals surface area contributed by atoms with Gasteiger partial charge in [-0.15, -0.1) is 0 Å². The number of hydrogen-bond acceptors (Lipinski definition) is 5. The summed E-state index contributed by atoms with van der Waals surface area (Å²) in [6.45, 7) is 3.10. The van der Waals surface area contributed by atoms with Crippen LogP contribution in [0, 0.1) is 0 Å². The van der Waals surface area contributed by atoms with Gasteiger partial charge in [-0.2, -0.15) is 5.10 Å². The molecule has 0 N–H and O–H groups in total. The number of carbonyl (C=O) groups is 1. The van der Waals surface area contributed by atoms with Crippen LogP contribution in [-0.2, 0) is 6.54 Å². The van der Waals surface area contributed by atoms with Crippen LogP contribution in [-0.4, -0.2) is 41.4 Å². The molecule has 1 unspecified atom stereocenters. The second-order valence-electron chi connectivity index (χ2n) is 6.54. The van der Waals surface area contributed by atoms with Gasteiger partial charge >= 0.3 is 0 Å². The van der Waals surface area contributed by atoms with Crippen molar-refractivity contribution in [2.45, 2.75) is 38.8 Å². The summed E-state index contributed by atoms with van der Waals surface area (Å²) in [6.07, 6.45) is 2.51. The Morgan fingerprint density at radius 3 is 2.74 bits per heavy atom. The molecule has 1 aliphatic heterocycles. The fraction of sp³-hybridized carbons (Fsp3) is 0.450. The molecule has 3 rings (SSSR count). The standard InChI is InChI=1S/C20H25N3O4/c1-4-11-23-19(24)10-8-16(21-23)20(25)22-12-5-6-17(22)15-13-14(26-2)7-9-18(15)27-3/h7-10,13,17H,4-6,11-12H2,1-3H3. The van der Waals surface area contributed by atoms with Crippen molar-refractivity contribution in [3.63, 3.8) is 0 Å². The van der Waals surface area contributed by atoms with E-state index in [-0.39, 0.29) is 23.2 Å². The molecule has 0 aliphatic carbocycles. The second kappa shape index (κ2) is 8.24. The normalized spacial score (nSPS) is 16.4. The molecule has 1 fully saturated rings. The fourth-order valence-electron chi connectivity index (χ4n) is 3.52. The monoisotopic (exact) mass is 371 g/mol. The molecule has 7 heteroatoms. The van der Waals surface area contributed by atoms with Crippen molar-refractivity contribution in [1.82, 2.24) is 14.7 Å². The van der Waals surface area contributed by atoms with Crippen LogP contribution in [0.2, 0.25) is 0 Å². The van der Waals surface area contributed by atoms with E-state index in [1.807, 2.05) is 25.1 Å². The van der Waals surface area contributed by atoms with Crippen LogP contribution >= 0.6 is 0 Å². The maximum absolute atomic E-state index is 13.1. The van der Waals surface area contributed by atoms with Gasteiger partial charge in [0.05, 0.1) is 20.3 Å². The smallest absolute Gasteiger partial charge is 0.274 e. The van der Waals surface area contributed by atoms with Crippen molar-refractivity contribution in [3.8, 4) is 11.5 Å². The first-order chi connectivity index (χ1) is 13.1. The summed E-state index contributed by atoms with van der Waals surface area (Å²) in [5.41, 5.74) is 1.02. The van der Waals surface area contributed by atoms with E-state index in [0.717, 1.165) is 36.3 Å². The number of likely N-dealkylation sites (tertiary alicyclic amines) is 1. The Bertz CT molecular complexity index is 878. The van der Waals surface area contributed by atoms with Crippen molar-refractivity contribution >= 4 is 5.91 Å². The molecule has 1 amide bonds. The molecule has 0 bridgehead atoms. The molecular weight excluding hydrogens is 346 g/mol. The molecular formula is C20H25N3O4. The average Bonchev–Trinajstić information content (AvgIpc) is 3.18. The number of benzene rings is 1. The average molecular weight is 371 g/mol. The van der Waals surface area contributed by atoms with E-state index in [1.54, 1.807) is 19.1 Å². The maximum Gasteiger partial charge on any atom is 0.274 e. The Balaban J connectivity index is 1.94. The van der Waals surface area contributed by atoms with E-state index in [1.165, 1.54) is 16.8 Å². The molecule has 0 radical (unpaired) electrons. The Morgan fingerprint density at radius 2 is 2.04 bits per heavy atom. The lowest BCUT2D eigenvalue weighted by Crippen LogP contribution is -2.33. The number of aryl methyl sites for hydroxylation is 1. The van der Waals surface area contributed by atoms with E-state index in [9.17, 15) is 9.59 Å². The Labute approximate surface area is 158 Å². The first-order valence-corrected chi connectivity index (χ1v) is 9.20. The molecule has 1 saturated heterocycles. The summed E-state index contributed by atoms with van der Waals surface area (Å²) in [5.74, 6) is 1.27. The Morgan fingerprint density at radius 1 is 1.22 bits per heavy atom. The summed E-state index contributed by atoms with van der Waals surface area (Å²) in [4.78, 5) is 26.8. The lowest BCUT2D eigenvalue weighted by atomic mass is 10.0. The number of hydrogen-bond donors (Lipinski definition) is 0. The van der Waals surface area contributed by atoms with E-state index in [0.29, 0.717) is 13.1 Å². The highest BCUT2D eigenvalue weighted by molar-refractivity contribution is 5.92. The van der Waals surface area contributed by atoms with Crippen LogP contribution < -0.4 is 15.0 Å². The summed E-state index contributed by atoms with van der Waals surface area (Å²) in [6, 6.07) is 8.42. The summed E-state index contributed by atoms with van der Waals surface area (Å²) < 4.78 is 12.2. The maximum atomic E-state index is 13.1. The largest absolute Gasteiger partial charge is 0.497 e. The van der Waals surface area contributed by atoms with Gasteiger partial charge in [-0.1, -0.05) is 6.92 Å². The third kappa shape index (κ3) is 3.82. The van der Waals surface area contributed by atoms with Crippen LogP contribution in [0.25, 0.3) is 0 Å². The van der Waals surface area contributed by atoms with Crippen LogP contribution in [0.4, 0.5) is 0 Å². The first kappa shape index (κ1) is 18.9. The molecule has 2 heterocycles. The van der Waals surface area contributed by atoms with Crippen molar-refractivity contribution in [1.29, 1.82) is 0 Å². The molecule has 1 aliphatic rings.